The number of aryl methyl sites for hydroxylation is 3. The summed E-state index contributed by atoms with van der Waals surface area (Å²) in [5, 5.41) is 3.06. The van der Waals surface area contributed by atoms with Crippen LogP contribution in [0, 0.1) is 13.8 Å². The van der Waals surface area contributed by atoms with Crippen molar-refractivity contribution < 1.29 is 9.53 Å². The molecule has 128 valence electrons. The van der Waals surface area contributed by atoms with Gasteiger partial charge in [0.15, 0.2) is 6.10 Å². The second kappa shape index (κ2) is 8.00. The van der Waals surface area contributed by atoms with Crippen LogP contribution in [0.15, 0.2) is 42.5 Å². The minimum atomic E-state index is -0.537. The number of hydrogen-bond donors (Lipinski definition) is 1. The van der Waals surface area contributed by atoms with Crippen molar-refractivity contribution in [2.45, 2.75) is 53.2 Å². The zero-order valence-corrected chi connectivity index (χ0v) is 15.2. The van der Waals surface area contributed by atoms with E-state index in [1.807, 2.05) is 31.2 Å². The fourth-order valence-electron chi connectivity index (χ4n) is 2.79. The van der Waals surface area contributed by atoms with E-state index in [2.05, 4.69) is 44.3 Å². The number of nitrogens with one attached hydrogen (secondary N) is 1. The lowest BCUT2D eigenvalue weighted by atomic mass is 10.00. The Morgan fingerprint density at radius 1 is 1.12 bits per heavy atom. The first-order valence-electron chi connectivity index (χ1n) is 8.54. The van der Waals surface area contributed by atoms with Gasteiger partial charge in [-0.2, -0.15) is 0 Å². The van der Waals surface area contributed by atoms with E-state index in [1.165, 1.54) is 11.1 Å². The Balaban J connectivity index is 2.04. The minimum Gasteiger partial charge on any atom is -0.481 e. The Labute approximate surface area is 145 Å². The third-order valence-corrected chi connectivity index (χ3v) is 4.29. The zero-order chi connectivity index (χ0) is 17.7. The largest absolute Gasteiger partial charge is 0.481 e. The molecule has 0 heterocycles. The Hall–Kier alpha value is -2.29. The first kappa shape index (κ1) is 18.1. The molecule has 0 aromatic heterocycles. The predicted octanol–water partition coefficient (Wildman–Crippen LogP) is 4.51. The van der Waals surface area contributed by atoms with Crippen LogP contribution in [0.5, 0.6) is 5.75 Å². The highest BCUT2D eigenvalue weighted by Crippen LogP contribution is 2.21. The Morgan fingerprint density at radius 2 is 1.83 bits per heavy atom. The summed E-state index contributed by atoms with van der Waals surface area (Å²) >= 11 is 0. The lowest BCUT2D eigenvalue weighted by molar-refractivity contribution is -0.127. The molecule has 1 N–H and O–H groups in total. The lowest BCUT2D eigenvalue weighted by Crippen LogP contribution is -2.38. The number of carbonyl (C=O) groups excluding carboxylic acids is 1. The van der Waals surface area contributed by atoms with Crippen LogP contribution in [-0.4, -0.2) is 12.0 Å². The van der Waals surface area contributed by atoms with Crippen LogP contribution in [0.25, 0.3) is 0 Å². The van der Waals surface area contributed by atoms with E-state index in [-0.39, 0.29) is 11.9 Å². The second-order valence-corrected chi connectivity index (χ2v) is 6.31. The van der Waals surface area contributed by atoms with Crippen molar-refractivity contribution in [1.29, 1.82) is 0 Å². The Kier molecular flexibility index (Phi) is 6.02. The van der Waals surface area contributed by atoms with Crippen molar-refractivity contribution >= 4 is 5.91 Å². The van der Waals surface area contributed by atoms with Crippen LogP contribution in [0.2, 0.25) is 0 Å². The van der Waals surface area contributed by atoms with Gasteiger partial charge in [-0.05, 0) is 56.9 Å². The molecule has 2 unspecified atom stereocenters. The van der Waals surface area contributed by atoms with Gasteiger partial charge in [0, 0.05) is 0 Å². The molecule has 0 saturated heterocycles. The highest BCUT2D eigenvalue weighted by molar-refractivity contribution is 5.81. The molecule has 2 aromatic rings. The van der Waals surface area contributed by atoms with E-state index in [4.69, 9.17) is 4.74 Å². The highest BCUT2D eigenvalue weighted by Gasteiger charge is 2.19. The predicted molar refractivity (Wildman–Crippen MR) is 98.4 cm³/mol. The molecular weight excluding hydrogens is 298 g/mol. The fraction of sp³-hybridized carbons (Fsp3) is 0.381. The highest BCUT2D eigenvalue weighted by atomic mass is 16.5. The summed E-state index contributed by atoms with van der Waals surface area (Å²) in [6.07, 6.45) is 0.342. The van der Waals surface area contributed by atoms with Gasteiger partial charge in [0.25, 0.3) is 5.91 Å². The van der Waals surface area contributed by atoms with Crippen molar-refractivity contribution in [3.63, 3.8) is 0 Å². The summed E-state index contributed by atoms with van der Waals surface area (Å²) in [7, 11) is 0. The van der Waals surface area contributed by atoms with Gasteiger partial charge in [-0.3, -0.25) is 4.79 Å². The van der Waals surface area contributed by atoms with Crippen molar-refractivity contribution in [2.24, 2.45) is 0 Å². The van der Waals surface area contributed by atoms with E-state index in [0.717, 1.165) is 23.3 Å². The SMILES string of the molecule is CCc1ccccc1OC(C)C(=O)NC(C)c1cc(C)ccc1C. The van der Waals surface area contributed by atoms with Gasteiger partial charge in [0.2, 0.25) is 0 Å². The molecule has 1 amide bonds. The Morgan fingerprint density at radius 3 is 2.54 bits per heavy atom. The van der Waals surface area contributed by atoms with Crippen LogP contribution in [0.1, 0.15) is 49.1 Å². The molecule has 2 atom stereocenters. The summed E-state index contributed by atoms with van der Waals surface area (Å²) in [6.45, 7) is 10.00. The molecule has 0 spiro atoms. The zero-order valence-electron chi connectivity index (χ0n) is 15.2. The van der Waals surface area contributed by atoms with Gasteiger partial charge < -0.3 is 10.1 Å². The maximum Gasteiger partial charge on any atom is 0.261 e. The molecule has 24 heavy (non-hydrogen) atoms. The topological polar surface area (TPSA) is 38.3 Å². The molecule has 0 aliphatic rings. The maximum absolute atomic E-state index is 12.5. The maximum atomic E-state index is 12.5. The normalized spacial score (nSPS) is 13.2. The van der Waals surface area contributed by atoms with Crippen LogP contribution < -0.4 is 10.1 Å². The summed E-state index contributed by atoms with van der Waals surface area (Å²) in [5.74, 6) is 0.677. The van der Waals surface area contributed by atoms with Crippen molar-refractivity contribution in [3.8, 4) is 5.75 Å². The lowest BCUT2D eigenvalue weighted by Gasteiger charge is -2.21. The summed E-state index contributed by atoms with van der Waals surface area (Å²) in [4.78, 5) is 12.5. The van der Waals surface area contributed by atoms with E-state index >= 15 is 0 Å². The molecule has 0 saturated carbocycles. The minimum absolute atomic E-state index is 0.0510. The molecule has 3 heteroatoms. The van der Waals surface area contributed by atoms with E-state index in [1.54, 1.807) is 6.92 Å². The number of benzene rings is 2. The van der Waals surface area contributed by atoms with Gasteiger partial charge >= 0.3 is 0 Å². The molecule has 0 radical (unpaired) electrons. The first-order valence-corrected chi connectivity index (χ1v) is 8.54. The van der Waals surface area contributed by atoms with E-state index in [9.17, 15) is 4.79 Å². The number of carbonyl (C=O) groups is 1. The number of para-hydroxylation sites is 1. The van der Waals surface area contributed by atoms with E-state index < -0.39 is 6.10 Å². The number of hydrogen-bond acceptors (Lipinski definition) is 2. The van der Waals surface area contributed by atoms with Crippen molar-refractivity contribution in [3.05, 3.63) is 64.7 Å². The molecule has 2 rings (SSSR count). The third kappa shape index (κ3) is 4.38. The fourth-order valence-corrected chi connectivity index (χ4v) is 2.79. The van der Waals surface area contributed by atoms with E-state index in [0.29, 0.717) is 0 Å². The quantitative estimate of drug-likeness (QED) is 0.848. The number of rotatable bonds is 6. The van der Waals surface area contributed by atoms with Gasteiger partial charge in [-0.25, -0.2) is 0 Å². The van der Waals surface area contributed by atoms with Gasteiger partial charge in [-0.1, -0.05) is 48.9 Å². The van der Waals surface area contributed by atoms with Crippen LogP contribution >= 0.6 is 0 Å². The monoisotopic (exact) mass is 325 g/mol. The molecule has 3 nitrogen and oxygen atoms in total. The van der Waals surface area contributed by atoms with Gasteiger partial charge in [0.1, 0.15) is 5.75 Å². The Bertz CT molecular complexity index is 709. The van der Waals surface area contributed by atoms with Crippen molar-refractivity contribution in [1.82, 2.24) is 5.32 Å². The number of amides is 1. The molecule has 0 fully saturated rings. The summed E-state index contributed by atoms with van der Waals surface area (Å²) < 4.78 is 5.88. The third-order valence-electron chi connectivity index (χ3n) is 4.29. The number of ether oxygens (including phenoxy) is 1. The van der Waals surface area contributed by atoms with Crippen LogP contribution in [-0.2, 0) is 11.2 Å². The van der Waals surface area contributed by atoms with Crippen molar-refractivity contribution in [2.75, 3.05) is 0 Å². The summed E-state index contributed by atoms with van der Waals surface area (Å²) in [6, 6.07) is 14.1. The summed E-state index contributed by atoms with van der Waals surface area (Å²) in [5.41, 5.74) is 4.63. The second-order valence-electron chi connectivity index (χ2n) is 6.31. The van der Waals surface area contributed by atoms with Gasteiger partial charge in [0.05, 0.1) is 6.04 Å². The average molecular weight is 325 g/mol. The molecule has 2 aromatic carbocycles. The molecule has 0 aliphatic heterocycles. The van der Waals surface area contributed by atoms with Crippen LogP contribution in [0.4, 0.5) is 0 Å². The first-order chi connectivity index (χ1) is 11.4. The van der Waals surface area contributed by atoms with Gasteiger partial charge in [-0.15, -0.1) is 0 Å². The molecular formula is C21H27NO2. The molecule has 0 aliphatic carbocycles. The molecule has 0 bridgehead atoms. The average Bonchev–Trinajstić information content (AvgIpc) is 2.57. The smallest absolute Gasteiger partial charge is 0.261 e. The standard InChI is InChI=1S/C21H27NO2/c1-6-18-9-7-8-10-20(18)24-17(5)21(23)22-16(4)19-13-14(2)11-12-15(19)3/h7-13,16-17H,6H2,1-5H3,(H,22,23). The van der Waals surface area contributed by atoms with Crippen LogP contribution in [0.3, 0.4) is 0 Å².